The van der Waals surface area contributed by atoms with Gasteiger partial charge in [0.05, 0.1) is 5.25 Å². The number of amides is 1. The molecular formula is C17H32N2O3S. The van der Waals surface area contributed by atoms with E-state index >= 15 is 0 Å². The Labute approximate surface area is 141 Å². The molecule has 2 N–H and O–H groups in total. The van der Waals surface area contributed by atoms with Gasteiger partial charge in [-0.3, -0.25) is 4.79 Å². The minimum absolute atomic E-state index is 0.167. The van der Waals surface area contributed by atoms with Gasteiger partial charge in [-0.2, -0.15) is 0 Å². The number of carbonyl (C=O) groups is 1. The maximum absolute atomic E-state index is 12.6. The first-order chi connectivity index (χ1) is 11.0. The van der Waals surface area contributed by atoms with Crippen molar-refractivity contribution in [3.63, 3.8) is 0 Å². The Balaban J connectivity index is 1.82. The average molecular weight is 345 g/mol. The Kier molecular flexibility index (Phi) is 7.34. The molecule has 0 aromatic rings. The van der Waals surface area contributed by atoms with E-state index in [9.17, 15) is 13.2 Å². The number of nitrogens with one attached hydrogen (secondary N) is 2. The quantitative estimate of drug-likeness (QED) is 0.697. The summed E-state index contributed by atoms with van der Waals surface area (Å²) in [6.45, 7) is 2.86. The van der Waals surface area contributed by atoms with E-state index in [0.29, 0.717) is 18.9 Å². The predicted octanol–water partition coefficient (Wildman–Crippen LogP) is 2.71. The minimum Gasteiger partial charge on any atom is -0.355 e. The summed E-state index contributed by atoms with van der Waals surface area (Å²) in [6, 6.07) is -0.579. The first-order valence-electron chi connectivity index (χ1n) is 9.31. The second-order valence-corrected chi connectivity index (χ2v) is 9.13. The molecule has 0 aromatic carbocycles. The van der Waals surface area contributed by atoms with Gasteiger partial charge in [0.25, 0.3) is 0 Å². The first kappa shape index (κ1) is 18.7. The lowest BCUT2D eigenvalue weighted by molar-refractivity contribution is -0.122. The average Bonchev–Trinajstić information content (AvgIpc) is 2.73. The third-order valence-corrected chi connectivity index (χ3v) is 7.25. The van der Waals surface area contributed by atoms with Crippen molar-refractivity contribution >= 4 is 15.9 Å². The van der Waals surface area contributed by atoms with Crippen LogP contribution in [0.15, 0.2) is 0 Å². The Morgan fingerprint density at radius 2 is 1.83 bits per heavy atom. The molecule has 1 saturated carbocycles. The standard InChI is InChI=1S/C17H32N2O3S/c1-2-3-4-7-14-9-11-15(12-10-14)23(21,22)19-16-8-5-6-13-18-17(16)20/h14-16,19H,2-13H2,1H3,(H,18,20)/t14?,15?,16-/m0/s1. The lowest BCUT2D eigenvalue weighted by Crippen LogP contribution is -2.48. The summed E-state index contributed by atoms with van der Waals surface area (Å²) >= 11 is 0. The molecule has 2 aliphatic rings. The molecule has 2 fully saturated rings. The molecule has 0 radical (unpaired) electrons. The van der Waals surface area contributed by atoms with E-state index < -0.39 is 16.1 Å². The number of carbonyl (C=O) groups excluding carboxylic acids is 1. The second kappa shape index (κ2) is 9.02. The maximum Gasteiger partial charge on any atom is 0.238 e. The number of rotatable bonds is 7. The van der Waals surface area contributed by atoms with Crippen molar-refractivity contribution in [1.29, 1.82) is 0 Å². The zero-order valence-electron chi connectivity index (χ0n) is 14.4. The molecule has 0 spiro atoms. The summed E-state index contributed by atoms with van der Waals surface area (Å²) in [6.07, 6.45) is 10.9. The summed E-state index contributed by atoms with van der Waals surface area (Å²) in [5, 5.41) is 2.47. The molecule has 5 nitrogen and oxygen atoms in total. The predicted molar refractivity (Wildman–Crippen MR) is 92.6 cm³/mol. The molecule has 0 bridgehead atoms. The third-order valence-electron chi connectivity index (χ3n) is 5.29. The van der Waals surface area contributed by atoms with Crippen LogP contribution in [0.25, 0.3) is 0 Å². The van der Waals surface area contributed by atoms with Crippen molar-refractivity contribution in [2.45, 2.75) is 88.8 Å². The highest BCUT2D eigenvalue weighted by molar-refractivity contribution is 7.90. The zero-order valence-corrected chi connectivity index (χ0v) is 15.2. The maximum atomic E-state index is 12.6. The number of unbranched alkanes of at least 4 members (excludes halogenated alkanes) is 2. The van der Waals surface area contributed by atoms with Gasteiger partial charge in [-0.05, 0) is 50.9 Å². The lowest BCUT2D eigenvalue weighted by Gasteiger charge is -2.29. The molecule has 1 aliphatic carbocycles. The molecule has 0 aromatic heterocycles. The van der Waals surface area contributed by atoms with Crippen molar-refractivity contribution < 1.29 is 13.2 Å². The van der Waals surface area contributed by atoms with Crippen LogP contribution in [0.1, 0.15) is 77.6 Å². The van der Waals surface area contributed by atoms with Crippen LogP contribution in [-0.4, -0.2) is 32.2 Å². The highest BCUT2D eigenvalue weighted by Gasteiger charge is 2.34. The smallest absolute Gasteiger partial charge is 0.238 e. The molecule has 6 heteroatoms. The van der Waals surface area contributed by atoms with Gasteiger partial charge < -0.3 is 5.32 Å². The van der Waals surface area contributed by atoms with E-state index in [2.05, 4.69) is 17.0 Å². The van der Waals surface area contributed by atoms with Crippen molar-refractivity contribution in [2.75, 3.05) is 6.54 Å². The zero-order chi connectivity index (χ0) is 16.7. The molecule has 1 aliphatic heterocycles. The monoisotopic (exact) mass is 344 g/mol. The van der Waals surface area contributed by atoms with Crippen molar-refractivity contribution in [1.82, 2.24) is 10.0 Å². The van der Waals surface area contributed by atoms with E-state index in [1.54, 1.807) is 0 Å². The van der Waals surface area contributed by atoms with Gasteiger partial charge in [0, 0.05) is 6.54 Å². The highest BCUT2D eigenvalue weighted by atomic mass is 32.2. The van der Waals surface area contributed by atoms with E-state index in [4.69, 9.17) is 0 Å². The van der Waals surface area contributed by atoms with Crippen LogP contribution in [0.2, 0.25) is 0 Å². The topological polar surface area (TPSA) is 75.3 Å². The fourth-order valence-electron chi connectivity index (χ4n) is 3.76. The Bertz CT molecular complexity index is 470. The normalized spacial score (nSPS) is 29.8. The van der Waals surface area contributed by atoms with Crippen LogP contribution >= 0.6 is 0 Å². The van der Waals surface area contributed by atoms with Gasteiger partial charge in [-0.25, -0.2) is 13.1 Å². The third kappa shape index (κ3) is 5.75. The number of hydrogen-bond acceptors (Lipinski definition) is 3. The molecular weight excluding hydrogens is 312 g/mol. The summed E-state index contributed by atoms with van der Waals surface area (Å²) in [4.78, 5) is 11.9. The van der Waals surface area contributed by atoms with Gasteiger partial charge in [0.2, 0.25) is 15.9 Å². The van der Waals surface area contributed by atoms with Crippen LogP contribution in [0.3, 0.4) is 0 Å². The minimum atomic E-state index is -3.39. The van der Waals surface area contributed by atoms with Crippen molar-refractivity contribution in [2.24, 2.45) is 5.92 Å². The number of hydrogen-bond donors (Lipinski definition) is 2. The van der Waals surface area contributed by atoms with Crippen LogP contribution in [0.4, 0.5) is 0 Å². The SMILES string of the molecule is CCCCCC1CCC(S(=O)(=O)N[C@H]2CCCCNC2=O)CC1. The summed E-state index contributed by atoms with van der Waals surface area (Å²) < 4.78 is 27.9. The Morgan fingerprint density at radius 3 is 2.52 bits per heavy atom. The van der Waals surface area contributed by atoms with E-state index in [0.717, 1.165) is 38.5 Å². The lowest BCUT2D eigenvalue weighted by atomic mass is 9.85. The fourth-order valence-corrected chi connectivity index (χ4v) is 5.47. The fraction of sp³-hybridized carbons (Fsp3) is 0.941. The van der Waals surface area contributed by atoms with Gasteiger partial charge in [0.15, 0.2) is 0 Å². The van der Waals surface area contributed by atoms with Gasteiger partial charge >= 0.3 is 0 Å². The van der Waals surface area contributed by atoms with Gasteiger partial charge in [0.1, 0.15) is 6.04 Å². The summed E-state index contributed by atoms with van der Waals surface area (Å²) in [5.74, 6) is 0.522. The van der Waals surface area contributed by atoms with E-state index in [1.165, 1.54) is 25.7 Å². The highest BCUT2D eigenvalue weighted by Crippen LogP contribution is 2.31. The molecule has 1 atom stereocenters. The van der Waals surface area contributed by atoms with Crippen LogP contribution in [0.5, 0.6) is 0 Å². The Morgan fingerprint density at radius 1 is 1.09 bits per heavy atom. The largest absolute Gasteiger partial charge is 0.355 e. The molecule has 1 amide bonds. The van der Waals surface area contributed by atoms with Crippen LogP contribution in [0, 0.1) is 5.92 Å². The molecule has 1 saturated heterocycles. The molecule has 0 unspecified atom stereocenters. The molecule has 2 rings (SSSR count). The van der Waals surface area contributed by atoms with Crippen LogP contribution < -0.4 is 10.0 Å². The molecule has 134 valence electrons. The number of sulfonamides is 1. The van der Waals surface area contributed by atoms with Crippen molar-refractivity contribution in [3.05, 3.63) is 0 Å². The molecule has 1 heterocycles. The van der Waals surface area contributed by atoms with Gasteiger partial charge in [-0.15, -0.1) is 0 Å². The summed E-state index contributed by atoms with van der Waals surface area (Å²) in [7, 11) is -3.39. The van der Waals surface area contributed by atoms with E-state index in [1.807, 2.05) is 0 Å². The van der Waals surface area contributed by atoms with Gasteiger partial charge in [-0.1, -0.05) is 32.6 Å². The molecule has 23 heavy (non-hydrogen) atoms. The van der Waals surface area contributed by atoms with E-state index in [-0.39, 0.29) is 11.2 Å². The van der Waals surface area contributed by atoms with Crippen molar-refractivity contribution in [3.8, 4) is 0 Å². The Hall–Kier alpha value is -0.620. The summed E-state index contributed by atoms with van der Waals surface area (Å²) in [5.41, 5.74) is 0. The first-order valence-corrected chi connectivity index (χ1v) is 10.9. The second-order valence-electron chi connectivity index (χ2n) is 7.14. The van der Waals surface area contributed by atoms with Crippen LogP contribution in [-0.2, 0) is 14.8 Å².